The number of imide groups is 1. The number of aromatic nitrogens is 2. The molecule has 0 atom stereocenters. The van der Waals surface area contributed by atoms with Gasteiger partial charge in [-0.2, -0.15) is 0 Å². The van der Waals surface area contributed by atoms with Crippen LogP contribution in [0.5, 0.6) is 5.75 Å². The van der Waals surface area contributed by atoms with Crippen LogP contribution in [0.3, 0.4) is 0 Å². The van der Waals surface area contributed by atoms with Gasteiger partial charge in [0.1, 0.15) is 12.3 Å². The summed E-state index contributed by atoms with van der Waals surface area (Å²) in [5.41, 5.74) is 1.70. The number of hydrogen-bond acceptors (Lipinski definition) is 9. The van der Waals surface area contributed by atoms with E-state index in [0.29, 0.717) is 16.5 Å². The van der Waals surface area contributed by atoms with Crippen LogP contribution < -0.4 is 10.1 Å². The highest BCUT2D eigenvalue weighted by molar-refractivity contribution is 6.22. The number of carbonyl (C=O) groups excluding carboxylic acids is 3. The zero-order valence-electron chi connectivity index (χ0n) is 17.6. The average Bonchev–Trinajstić information content (AvgIpc) is 2.97. The Morgan fingerprint density at radius 3 is 2.42 bits per heavy atom. The highest BCUT2D eigenvalue weighted by atomic mass is 16.6. The minimum atomic E-state index is -0.848. The first-order valence-corrected chi connectivity index (χ1v) is 9.76. The van der Waals surface area contributed by atoms with Gasteiger partial charge in [0, 0.05) is 35.3 Å². The van der Waals surface area contributed by atoms with Crippen molar-refractivity contribution in [1.82, 2.24) is 14.9 Å². The molecule has 33 heavy (non-hydrogen) atoms. The number of carbonyl (C=O) groups is 3. The molecule has 1 aromatic heterocycles. The normalized spacial score (nSPS) is 12.5. The van der Waals surface area contributed by atoms with Crippen molar-refractivity contribution in [2.45, 2.75) is 13.8 Å². The number of nitrogens with one attached hydrogen (secondary N) is 1. The predicted octanol–water partition coefficient (Wildman–Crippen LogP) is 2.95. The maximum absolute atomic E-state index is 12.5. The maximum atomic E-state index is 12.5. The highest BCUT2D eigenvalue weighted by Gasteiger charge is 2.38. The van der Waals surface area contributed by atoms with Crippen LogP contribution in [0.4, 0.5) is 17.3 Å². The number of amides is 2. The molecule has 0 bridgehead atoms. The second-order valence-corrected chi connectivity index (χ2v) is 7.28. The Morgan fingerprint density at radius 2 is 1.73 bits per heavy atom. The zero-order chi connectivity index (χ0) is 23.7. The SMILES string of the molecule is Cc1cc(C)nc(Nc2cccc(OC(=O)CN3C(=O)c4ccc([N+](=O)[O-])cc4C3=O)c2)n1. The van der Waals surface area contributed by atoms with Gasteiger partial charge in [-0.05, 0) is 38.1 Å². The van der Waals surface area contributed by atoms with Crippen molar-refractivity contribution in [2.75, 3.05) is 11.9 Å². The molecule has 0 unspecified atom stereocenters. The number of aryl methyl sites for hydroxylation is 2. The fraction of sp³-hybridized carbons (Fsp3) is 0.136. The molecule has 1 aliphatic rings. The standard InChI is InChI=1S/C22H17N5O6/c1-12-8-13(2)24-22(23-12)25-14-4-3-5-16(9-14)33-19(28)11-26-20(29)17-7-6-15(27(31)32)10-18(17)21(26)30/h3-10H,11H2,1-2H3,(H,23,24,25). The van der Waals surface area contributed by atoms with Crippen LogP contribution in [0.15, 0.2) is 48.5 Å². The first-order valence-electron chi connectivity index (χ1n) is 9.76. The second kappa shape index (κ2) is 8.46. The first-order chi connectivity index (χ1) is 15.7. The average molecular weight is 447 g/mol. The minimum Gasteiger partial charge on any atom is -0.425 e. The van der Waals surface area contributed by atoms with Gasteiger partial charge < -0.3 is 10.1 Å². The predicted molar refractivity (Wildman–Crippen MR) is 115 cm³/mol. The number of hydrogen-bond donors (Lipinski definition) is 1. The highest BCUT2D eigenvalue weighted by Crippen LogP contribution is 2.27. The smallest absolute Gasteiger partial charge is 0.331 e. The molecule has 1 aliphatic heterocycles. The minimum absolute atomic E-state index is 0.00181. The Hall–Kier alpha value is -4.67. The molecular weight excluding hydrogens is 430 g/mol. The van der Waals surface area contributed by atoms with E-state index in [1.54, 1.807) is 18.2 Å². The maximum Gasteiger partial charge on any atom is 0.331 e. The van der Waals surface area contributed by atoms with Crippen molar-refractivity contribution in [1.29, 1.82) is 0 Å². The number of nitro groups is 1. The molecule has 11 heteroatoms. The van der Waals surface area contributed by atoms with Crippen LogP contribution in [0.1, 0.15) is 32.1 Å². The Balaban J connectivity index is 1.45. The van der Waals surface area contributed by atoms with Crippen molar-refractivity contribution in [3.05, 3.63) is 81.2 Å². The summed E-state index contributed by atoms with van der Waals surface area (Å²) in [6.45, 7) is 3.04. The molecule has 0 radical (unpaired) electrons. The van der Waals surface area contributed by atoms with Gasteiger partial charge in [0.25, 0.3) is 17.5 Å². The van der Waals surface area contributed by atoms with Gasteiger partial charge in [0.15, 0.2) is 0 Å². The van der Waals surface area contributed by atoms with Crippen LogP contribution in [-0.4, -0.2) is 44.1 Å². The summed E-state index contributed by atoms with van der Waals surface area (Å²) in [4.78, 5) is 57.0. The lowest BCUT2D eigenvalue weighted by atomic mass is 10.1. The number of rotatable bonds is 6. The molecule has 166 valence electrons. The molecule has 1 N–H and O–H groups in total. The van der Waals surface area contributed by atoms with E-state index in [2.05, 4.69) is 15.3 Å². The number of nitrogens with zero attached hydrogens (tertiary/aromatic N) is 4. The van der Waals surface area contributed by atoms with Crippen LogP contribution >= 0.6 is 0 Å². The van der Waals surface area contributed by atoms with E-state index in [1.165, 1.54) is 12.1 Å². The zero-order valence-corrected chi connectivity index (χ0v) is 17.6. The summed E-state index contributed by atoms with van der Waals surface area (Å²) in [6.07, 6.45) is 0. The number of ether oxygens (including phenoxy) is 1. The first kappa shape index (κ1) is 21.6. The lowest BCUT2D eigenvalue weighted by Crippen LogP contribution is -2.36. The van der Waals surface area contributed by atoms with Gasteiger partial charge in [0.2, 0.25) is 5.95 Å². The molecule has 0 aliphatic carbocycles. The molecule has 3 aromatic rings. The summed E-state index contributed by atoms with van der Waals surface area (Å²) in [5.74, 6) is -1.79. The second-order valence-electron chi connectivity index (χ2n) is 7.28. The third-order valence-electron chi connectivity index (χ3n) is 4.76. The third-order valence-corrected chi connectivity index (χ3v) is 4.76. The molecular formula is C22H17N5O6. The monoisotopic (exact) mass is 447 g/mol. The van der Waals surface area contributed by atoms with Crippen molar-refractivity contribution in [3.63, 3.8) is 0 Å². The fourth-order valence-corrected chi connectivity index (χ4v) is 3.38. The molecule has 0 fully saturated rings. The fourth-order valence-electron chi connectivity index (χ4n) is 3.38. The summed E-state index contributed by atoms with van der Waals surface area (Å²) in [7, 11) is 0. The van der Waals surface area contributed by atoms with E-state index in [4.69, 9.17) is 4.74 Å². The van der Waals surface area contributed by atoms with Crippen molar-refractivity contribution >= 4 is 35.1 Å². The van der Waals surface area contributed by atoms with E-state index in [-0.39, 0.29) is 22.6 Å². The number of non-ortho nitro benzene ring substituents is 1. The van der Waals surface area contributed by atoms with Gasteiger partial charge in [-0.25, -0.2) is 14.8 Å². The van der Waals surface area contributed by atoms with Gasteiger partial charge in [-0.3, -0.25) is 24.6 Å². The van der Waals surface area contributed by atoms with Crippen molar-refractivity contribution < 1.29 is 24.0 Å². The Morgan fingerprint density at radius 1 is 1.03 bits per heavy atom. The summed E-state index contributed by atoms with van der Waals surface area (Å²) >= 11 is 0. The van der Waals surface area contributed by atoms with Crippen molar-refractivity contribution in [2.24, 2.45) is 0 Å². The molecule has 2 heterocycles. The van der Waals surface area contributed by atoms with E-state index in [9.17, 15) is 24.5 Å². The summed E-state index contributed by atoms with van der Waals surface area (Å²) in [6, 6.07) is 11.6. The number of benzene rings is 2. The van der Waals surface area contributed by atoms with E-state index >= 15 is 0 Å². The van der Waals surface area contributed by atoms with Gasteiger partial charge in [0.05, 0.1) is 16.1 Å². The molecule has 11 nitrogen and oxygen atoms in total. The van der Waals surface area contributed by atoms with Gasteiger partial charge in [-0.1, -0.05) is 6.07 Å². The van der Waals surface area contributed by atoms with E-state index in [0.717, 1.165) is 23.5 Å². The quantitative estimate of drug-likeness (QED) is 0.198. The largest absolute Gasteiger partial charge is 0.425 e. The summed E-state index contributed by atoms with van der Waals surface area (Å²) < 4.78 is 5.29. The van der Waals surface area contributed by atoms with Gasteiger partial charge in [-0.15, -0.1) is 0 Å². The third kappa shape index (κ3) is 4.51. The lowest BCUT2D eigenvalue weighted by Gasteiger charge is -2.13. The molecule has 2 amide bonds. The number of fused-ring (bicyclic) bond motifs is 1. The van der Waals surface area contributed by atoms with Crippen LogP contribution in [-0.2, 0) is 4.79 Å². The number of esters is 1. The Bertz CT molecular complexity index is 1300. The van der Waals surface area contributed by atoms with Crippen molar-refractivity contribution in [3.8, 4) is 5.75 Å². The Kier molecular flexibility index (Phi) is 5.53. The van der Waals surface area contributed by atoms with Crippen LogP contribution in [0.2, 0.25) is 0 Å². The molecule has 0 saturated heterocycles. The van der Waals surface area contributed by atoms with Crippen LogP contribution in [0.25, 0.3) is 0 Å². The van der Waals surface area contributed by atoms with Gasteiger partial charge >= 0.3 is 5.97 Å². The number of nitro benzene ring substituents is 1. The molecule has 4 rings (SSSR count). The van der Waals surface area contributed by atoms with E-state index < -0.39 is 29.3 Å². The molecule has 2 aromatic carbocycles. The Labute approximate surface area is 187 Å². The lowest BCUT2D eigenvalue weighted by molar-refractivity contribution is -0.384. The van der Waals surface area contributed by atoms with E-state index in [1.807, 2.05) is 19.9 Å². The summed E-state index contributed by atoms with van der Waals surface area (Å²) in [5, 5.41) is 14.0. The molecule has 0 spiro atoms. The number of anilines is 2. The van der Waals surface area contributed by atoms with Crippen LogP contribution in [0, 0.1) is 24.0 Å². The molecule has 0 saturated carbocycles. The topological polar surface area (TPSA) is 145 Å².